The Hall–Kier alpha value is 0.350. The summed E-state index contributed by atoms with van der Waals surface area (Å²) >= 11 is 0. The highest BCUT2D eigenvalue weighted by atomic mass is 32.3. The first kappa shape index (κ1) is 8.45. The molecule has 2 unspecified atom stereocenters. The van der Waals surface area contributed by atoms with E-state index in [1.807, 2.05) is 0 Å². The highest BCUT2D eigenvalue weighted by Gasteiger charge is 2.26. The van der Waals surface area contributed by atoms with Gasteiger partial charge in [-0.15, -0.1) is 0 Å². The molecule has 0 aromatic carbocycles. The Labute approximate surface area is 66.7 Å². The molecule has 0 saturated carbocycles. The molecule has 0 bridgehead atoms. The molecule has 1 heteroatoms. The van der Waals surface area contributed by atoms with Gasteiger partial charge in [-0.1, -0.05) is 13.8 Å². The van der Waals surface area contributed by atoms with E-state index in [4.69, 9.17) is 0 Å². The Morgan fingerprint density at radius 3 is 2.60 bits per heavy atom. The monoisotopic (exact) mass is 160 g/mol. The van der Waals surface area contributed by atoms with Crippen molar-refractivity contribution in [2.45, 2.75) is 26.7 Å². The zero-order valence-corrected chi connectivity index (χ0v) is 8.34. The molecule has 0 nitrogen and oxygen atoms in total. The van der Waals surface area contributed by atoms with Crippen LogP contribution in [0.3, 0.4) is 0 Å². The Bertz CT molecular complexity index is 107. The van der Waals surface area contributed by atoms with Crippen LogP contribution in [0.2, 0.25) is 0 Å². The minimum atomic E-state index is -0.103. The summed E-state index contributed by atoms with van der Waals surface area (Å²) in [4.78, 5) is 0. The lowest BCUT2D eigenvalue weighted by Crippen LogP contribution is -2.05. The summed E-state index contributed by atoms with van der Waals surface area (Å²) in [7, 11) is -0.103. The number of hydrogen-bond acceptors (Lipinski definition) is 0. The Morgan fingerprint density at radius 2 is 2.20 bits per heavy atom. The first-order chi connectivity index (χ1) is 4.66. The lowest BCUT2D eigenvalue weighted by molar-refractivity contribution is 0.669. The molecule has 1 fully saturated rings. The minimum Gasteiger partial charge on any atom is -0.244 e. The van der Waals surface area contributed by atoms with Crippen molar-refractivity contribution in [1.82, 2.24) is 0 Å². The third kappa shape index (κ3) is 1.91. The van der Waals surface area contributed by atoms with E-state index in [9.17, 15) is 0 Å². The second-order valence-electron chi connectivity index (χ2n) is 3.95. The van der Waals surface area contributed by atoms with Gasteiger partial charge in [0, 0.05) is 0 Å². The van der Waals surface area contributed by atoms with Crippen LogP contribution in [0.1, 0.15) is 26.7 Å². The van der Waals surface area contributed by atoms with Crippen LogP contribution in [-0.4, -0.2) is 23.5 Å². The lowest BCUT2D eigenvalue weighted by atomic mass is 10.2. The fraction of sp³-hybridized carbons (Fsp3) is 1.00. The summed E-state index contributed by atoms with van der Waals surface area (Å²) in [5.74, 6) is 5.67. The molecule has 0 N–H and O–H groups in total. The Morgan fingerprint density at radius 1 is 1.50 bits per heavy atom. The molecule has 1 aliphatic rings. The van der Waals surface area contributed by atoms with Gasteiger partial charge in [0.05, 0.1) is 0 Å². The molecule has 0 amide bonds. The van der Waals surface area contributed by atoms with E-state index in [1.54, 1.807) is 11.5 Å². The molecule has 0 spiro atoms. The van der Waals surface area contributed by atoms with Crippen LogP contribution >= 0.6 is 10.0 Å². The summed E-state index contributed by atoms with van der Waals surface area (Å²) in [5.41, 5.74) is 0. The Kier molecular flexibility index (Phi) is 2.67. The summed E-state index contributed by atoms with van der Waals surface area (Å²) in [5, 5.41) is 0. The van der Waals surface area contributed by atoms with Gasteiger partial charge >= 0.3 is 0 Å². The molecule has 1 aliphatic heterocycles. The minimum absolute atomic E-state index is 0.103. The van der Waals surface area contributed by atoms with E-state index in [0.29, 0.717) is 0 Å². The first-order valence-electron chi connectivity index (χ1n) is 4.38. The quantitative estimate of drug-likeness (QED) is 0.582. The first-order valence-corrected chi connectivity index (χ1v) is 6.92. The van der Waals surface area contributed by atoms with E-state index in [2.05, 4.69) is 20.1 Å². The second kappa shape index (κ2) is 3.17. The summed E-state index contributed by atoms with van der Waals surface area (Å²) < 4.78 is 0. The molecule has 1 heterocycles. The fourth-order valence-electron chi connectivity index (χ4n) is 2.02. The zero-order chi connectivity index (χ0) is 7.61. The van der Waals surface area contributed by atoms with Gasteiger partial charge in [-0.3, -0.25) is 0 Å². The van der Waals surface area contributed by atoms with Crippen molar-refractivity contribution in [2.75, 3.05) is 23.5 Å². The van der Waals surface area contributed by atoms with Crippen LogP contribution in [-0.2, 0) is 0 Å². The van der Waals surface area contributed by atoms with Gasteiger partial charge in [0.1, 0.15) is 0 Å². The second-order valence-corrected chi connectivity index (χ2v) is 8.05. The van der Waals surface area contributed by atoms with Crippen molar-refractivity contribution in [1.29, 1.82) is 0 Å². The van der Waals surface area contributed by atoms with Gasteiger partial charge in [0.25, 0.3) is 0 Å². The molecular weight excluding hydrogens is 140 g/mol. The third-order valence-electron chi connectivity index (χ3n) is 2.49. The molecule has 10 heavy (non-hydrogen) atoms. The SMILES string of the molecule is CCCS1(C)CCC(C)C1. The summed E-state index contributed by atoms with van der Waals surface area (Å²) in [6, 6.07) is 0. The molecular formula is C9H20S. The predicted octanol–water partition coefficient (Wildman–Crippen LogP) is 2.87. The zero-order valence-electron chi connectivity index (χ0n) is 7.52. The van der Waals surface area contributed by atoms with Gasteiger partial charge in [0.2, 0.25) is 0 Å². The van der Waals surface area contributed by atoms with E-state index in [-0.39, 0.29) is 10.0 Å². The van der Waals surface area contributed by atoms with Crippen molar-refractivity contribution in [3.05, 3.63) is 0 Å². The molecule has 0 aliphatic carbocycles. The van der Waals surface area contributed by atoms with Crippen LogP contribution in [0.5, 0.6) is 0 Å². The Balaban J connectivity index is 2.38. The average Bonchev–Trinajstić information content (AvgIpc) is 2.12. The standard InChI is InChI=1S/C9H20S/c1-4-6-10(3)7-5-9(2)8-10/h9H,4-8H2,1-3H3. The van der Waals surface area contributed by atoms with Crippen molar-refractivity contribution >= 4 is 10.0 Å². The maximum Gasteiger partial charge on any atom is -0.0204 e. The normalized spacial score (nSPS) is 46.9. The van der Waals surface area contributed by atoms with Gasteiger partial charge in [-0.2, -0.15) is 0 Å². The van der Waals surface area contributed by atoms with Crippen molar-refractivity contribution in [2.24, 2.45) is 5.92 Å². The largest absolute Gasteiger partial charge is 0.244 e. The molecule has 0 aromatic heterocycles. The third-order valence-corrected chi connectivity index (χ3v) is 6.48. The molecule has 1 rings (SSSR count). The summed E-state index contributed by atoms with van der Waals surface area (Å²) in [6.07, 6.45) is 5.45. The van der Waals surface area contributed by atoms with Gasteiger partial charge in [-0.05, 0) is 42.3 Å². The highest BCUT2D eigenvalue weighted by Crippen LogP contribution is 2.52. The fourth-order valence-corrected chi connectivity index (χ4v) is 6.05. The van der Waals surface area contributed by atoms with Gasteiger partial charge in [0.15, 0.2) is 0 Å². The van der Waals surface area contributed by atoms with Crippen molar-refractivity contribution < 1.29 is 0 Å². The topological polar surface area (TPSA) is 0 Å². The van der Waals surface area contributed by atoms with E-state index in [0.717, 1.165) is 5.92 Å². The van der Waals surface area contributed by atoms with Gasteiger partial charge < -0.3 is 0 Å². The molecule has 0 radical (unpaired) electrons. The van der Waals surface area contributed by atoms with E-state index in [1.165, 1.54) is 18.6 Å². The summed E-state index contributed by atoms with van der Waals surface area (Å²) in [6.45, 7) is 4.73. The van der Waals surface area contributed by atoms with Crippen LogP contribution in [0.25, 0.3) is 0 Å². The van der Waals surface area contributed by atoms with E-state index >= 15 is 0 Å². The molecule has 0 aromatic rings. The maximum atomic E-state index is 2.54. The van der Waals surface area contributed by atoms with Crippen molar-refractivity contribution in [3.8, 4) is 0 Å². The highest BCUT2D eigenvalue weighted by molar-refractivity contribution is 8.33. The predicted molar refractivity (Wildman–Crippen MR) is 52.2 cm³/mol. The van der Waals surface area contributed by atoms with Gasteiger partial charge in [-0.25, -0.2) is 10.0 Å². The average molecular weight is 160 g/mol. The van der Waals surface area contributed by atoms with Crippen LogP contribution in [0.15, 0.2) is 0 Å². The smallest absolute Gasteiger partial charge is 0.0204 e. The van der Waals surface area contributed by atoms with Crippen LogP contribution in [0.4, 0.5) is 0 Å². The molecule has 2 atom stereocenters. The van der Waals surface area contributed by atoms with Crippen LogP contribution < -0.4 is 0 Å². The van der Waals surface area contributed by atoms with E-state index < -0.39 is 0 Å². The number of hydrogen-bond donors (Lipinski definition) is 0. The van der Waals surface area contributed by atoms with Crippen LogP contribution in [0, 0.1) is 5.92 Å². The maximum absolute atomic E-state index is 2.54. The lowest BCUT2D eigenvalue weighted by Gasteiger charge is -2.30. The number of rotatable bonds is 2. The van der Waals surface area contributed by atoms with Crippen molar-refractivity contribution in [3.63, 3.8) is 0 Å². The molecule has 62 valence electrons. The molecule has 1 saturated heterocycles.